The lowest BCUT2D eigenvalue weighted by Gasteiger charge is -2.19. The summed E-state index contributed by atoms with van der Waals surface area (Å²) in [5.74, 6) is -0.781. The highest BCUT2D eigenvalue weighted by Crippen LogP contribution is 2.25. The molecule has 3 nitrogen and oxygen atoms in total. The molecule has 6 heteroatoms. The van der Waals surface area contributed by atoms with Crippen LogP contribution in [0.4, 0.5) is 10.1 Å². The van der Waals surface area contributed by atoms with Crippen molar-refractivity contribution >= 4 is 27.3 Å². The molecule has 0 bridgehead atoms. The summed E-state index contributed by atoms with van der Waals surface area (Å²) in [6, 6.07) is 11.6. The monoisotopic (exact) mass is 299 g/mol. The van der Waals surface area contributed by atoms with Gasteiger partial charge in [0.05, 0.1) is 5.69 Å². The van der Waals surface area contributed by atoms with Crippen molar-refractivity contribution in [3.63, 3.8) is 0 Å². The first-order valence-corrected chi connectivity index (χ1v) is 7.24. The van der Waals surface area contributed by atoms with Crippen LogP contribution in [-0.4, -0.2) is 15.5 Å². The second-order valence-electron chi connectivity index (χ2n) is 3.88. The van der Waals surface area contributed by atoms with Crippen molar-refractivity contribution in [2.24, 2.45) is 0 Å². The van der Waals surface area contributed by atoms with Gasteiger partial charge < -0.3 is 0 Å². The largest absolute Gasteiger partial charge is 0.269 e. The summed E-state index contributed by atoms with van der Waals surface area (Å²) in [7, 11) is -2.59. The topological polar surface area (TPSA) is 37.4 Å². The van der Waals surface area contributed by atoms with Gasteiger partial charge in [-0.3, -0.25) is 4.31 Å². The van der Waals surface area contributed by atoms with Crippen molar-refractivity contribution in [1.82, 2.24) is 0 Å². The molecular weight excluding hydrogens is 289 g/mol. The maximum atomic E-state index is 13.6. The van der Waals surface area contributed by atoms with E-state index in [0.29, 0.717) is 10.7 Å². The number of halogens is 2. The number of sulfonamides is 1. The molecule has 0 saturated heterocycles. The molecule has 0 fully saturated rings. The van der Waals surface area contributed by atoms with Gasteiger partial charge in [-0.25, -0.2) is 12.8 Å². The standard InChI is InChI=1S/C13H11ClFNO2S/c1-16(11-6-4-5-10(14)9-11)19(17,18)13-8-3-2-7-12(13)15/h2-9H,1H3. The first-order valence-electron chi connectivity index (χ1n) is 5.42. The van der Waals surface area contributed by atoms with Gasteiger partial charge in [-0.1, -0.05) is 29.8 Å². The minimum absolute atomic E-state index is 0.363. The third-order valence-corrected chi connectivity index (χ3v) is 4.70. The molecule has 0 aliphatic heterocycles. The molecule has 2 aromatic carbocycles. The Balaban J connectivity index is 2.49. The van der Waals surface area contributed by atoms with Crippen LogP contribution in [0, 0.1) is 5.82 Å². The number of hydrogen-bond donors (Lipinski definition) is 0. The second-order valence-corrected chi connectivity index (χ2v) is 6.26. The zero-order valence-corrected chi connectivity index (χ0v) is 11.6. The van der Waals surface area contributed by atoms with Crippen molar-refractivity contribution in [1.29, 1.82) is 0 Å². The molecule has 100 valence electrons. The number of benzene rings is 2. The number of anilines is 1. The van der Waals surface area contributed by atoms with Gasteiger partial charge in [-0.15, -0.1) is 0 Å². The van der Waals surface area contributed by atoms with E-state index in [0.717, 1.165) is 10.4 Å². The molecule has 0 N–H and O–H groups in total. The van der Waals surface area contributed by atoms with Crippen LogP contribution in [-0.2, 0) is 10.0 Å². The van der Waals surface area contributed by atoms with Crippen LogP contribution in [0.1, 0.15) is 0 Å². The Kier molecular flexibility index (Phi) is 3.78. The Morgan fingerprint density at radius 1 is 1.11 bits per heavy atom. The van der Waals surface area contributed by atoms with Crippen LogP contribution in [0.2, 0.25) is 5.02 Å². The minimum atomic E-state index is -3.94. The first-order chi connectivity index (χ1) is 8.93. The van der Waals surface area contributed by atoms with Gasteiger partial charge in [0.15, 0.2) is 0 Å². The van der Waals surface area contributed by atoms with Crippen molar-refractivity contribution < 1.29 is 12.8 Å². The lowest BCUT2D eigenvalue weighted by molar-refractivity contribution is 0.566. The average Bonchev–Trinajstić information content (AvgIpc) is 2.38. The molecule has 0 aliphatic rings. The van der Waals surface area contributed by atoms with Crippen LogP contribution in [0.5, 0.6) is 0 Å². The van der Waals surface area contributed by atoms with E-state index in [1.807, 2.05) is 0 Å². The van der Waals surface area contributed by atoms with Gasteiger partial charge in [-0.05, 0) is 30.3 Å². The highest BCUT2D eigenvalue weighted by molar-refractivity contribution is 7.92. The molecule has 19 heavy (non-hydrogen) atoms. The molecule has 0 radical (unpaired) electrons. The first kappa shape index (κ1) is 13.8. The van der Waals surface area contributed by atoms with E-state index in [1.54, 1.807) is 18.2 Å². The van der Waals surface area contributed by atoms with Gasteiger partial charge in [0.25, 0.3) is 10.0 Å². The molecule has 0 spiro atoms. The lowest BCUT2D eigenvalue weighted by atomic mass is 10.3. The number of rotatable bonds is 3. The van der Waals surface area contributed by atoms with Crippen LogP contribution >= 0.6 is 11.6 Å². The highest BCUT2D eigenvalue weighted by Gasteiger charge is 2.24. The molecular formula is C13H11ClFNO2S. The van der Waals surface area contributed by atoms with Crippen molar-refractivity contribution in [2.75, 3.05) is 11.4 Å². The van der Waals surface area contributed by atoms with Gasteiger partial charge in [0.1, 0.15) is 10.7 Å². The Bertz CT molecular complexity index is 703. The van der Waals surface area contributed by atoms with Crippen LogP contribution in [0.15, 0.2) is 53.4 Å². The van der Waals surface area contributed by atoms with E-state index in [2.05, 4.69) is 0 Å². The zero-order chi connectivity index (χ0) is 14.0. The SMILES string of the molecule is CN(c1cccc(Cl)c1)S(=O)(=O)c1ccccc1F. The smallest absolute Gasteiger partial charge is 0.266 e. The fraction of sp³-hybridized carbons (Fsp3) is 0.0769. The third-order valence-electron chi connectivity index (χ3n) is 2.65. The van der Waals surface area contributed by atoms with Crippen LogP contribution in [0.25, 0.3) is 0 Å². The Labute approximate surface area is 116 Å². The summed E-state index contributed by atoms with van der Waals surface area (Å²) in [5, 5.41) is 0.410. The van der Waals surface area contributed by atoms with E-state index < -0.39 is 15.8 Å². The van der Waals surface area contributed by atoms with E-state index >= 15 is 0 Å². The Morgan fingerprint density at radius 2 is 1.79 bits per heavy atom. The van der Waals surface area contributed by atoms with Gasteiger partial charge in [0, 0.05) is 12.1 Å². The van der Waals surface area contributed by atoms with Gasteiger partial charge >= 0.3 is 0 Å². The minimum Gasteiger partial charge on any atom is -0.269 e. The Morgan fingerprint density at radius 3 is 2.42 bits per heavy atom. The van der Waals surface area contributed by atoms with Gasteiger partial charge in [0.2, 0.25) is 0 Å². The summed E-state index contributed by atoms with van der Waals surface area (Å²) < 4.78 is 39.2. The van der Waals surface area contributed by atoms with E-state index in [9.17, 15) is 12.8 Å². The fourth-order valence-electron chi connectivity index (χ4n) is 1.61. The molecule has 0 amide bonds. The average molecular weight is 300 g/mol. The number of hydrogen-bond acceptors (Lipinski definition) is 2. The van der Waals surface area contributed by atoms with Crippen molar-refractivity contribution in [3.05, 3.63) is 59.4 Å². The van der Waals surface area contributed by atoms with Crippen LogP contribution < -0.4 is 4.31 Å². The van der Waals surface area contributed by atoms with Crippen molar-refractivity contribution in [3.8, 4) is 0 Å². The maximum absolute atomic E-state index is 13.6. The quantitative estimate of drug-likeness (QED) is 0.872. The normalized spacial score (nSPS) is 11.3. The summed E-state index contributed by atoms with van der Waals surface area (Å²) in [4.78, 5) is -0.363. The van der Waals surface area contributed by atoms with Gasteiger partial charge in [-0.2, -0.15) is 0 Å². The predicted octanol–water partition coefficient (Wildman–Crippen LogP) is 3.30. The number of nitrogens with zero attached hydrogens (tertiary/aromatic N) is 1. The highest BCUT2D eigenvalue weighted by atomic mass is 35.5. The molecule has 0 saturated carbocycles. The lowest BCUT2D eigenvalue weighted by Crippen LogP contribution is -2.27. The predicted molar refractivity (Wildman–Crippen MR) is 73.4 cm³/mol. The van der Waals surface area contributed by atoms with E-state index in [4.69, 9.17) is 11.6 Å². The van der Waals surface area contributed by atoms with Crippen molar-refractivity contribution in [2.45, 2.75) is 4.90 Å². The Hall–Kier alpha value is -1.59. The summed E-state index contributed by atoms with van der Waals surface area (Å²) in [5.41, 5.74) is 0.371. The van der Waals surface area contributed by atoms with E-state index in [-0.39, 0.29) is 4.90 Å². The zero-order valence-electron chi connectivity index (χ0n) is 10.0. The molecule has 0 aromatic heterocycles. The molecule has 0 atom stereocenters. The maximum Gasteiger partial charge on any atom is 0.266 e. The molecule has 0 unspecified atom stereocenters. The summed E-state index contributed by atoms with van der Waals surface area (Å²) >= 11 is 5.82. The fourth-order valence-corrected chi connectivity index (χ4v) is 3.05. The molecule has 0 heterocycles. The second kappa shape index (κ2) is 5.19. The third kappa shape index (κ3) is 2.72. The van der Waals surface area contributed by atoms with E-state index in [1.165, 1.54) is 31.3 Å². The summed E-state index contributed by atoms with van der Waals surface area (Å²) in [6.45, 7) is 0. The van der Waals surface area contributed by atoms with Crippen LogP contribution in [0.3, 0.4) is 0 Å². The molecule has 0 aliphatic carbocycles. The molecule has 2 aromatic rings. The molecule has 2 rings (SSSR count). The summed E-state index contributed by atoms with van der Waals surface area (Å²) in [6.07, 6.45) is 0.